The third kappa shape index (κ3) is 3.93. The first kappa shape index (κ1) is 18.3. The fourth-order valence-electron chi connectivity index (χ4n) is 4.17. The van der Waals surface area contributed by atoms with Gasteiger partial charge in [0, 0.05) is 31.9 Å². The number of likely N-dealkylation sites (tertiary alicyclic amines) is 1. The zero-order valence-electron chi connectivity index (χ0n) is 15.5. The molecule has 0 amide bonds. The van der Waals surface area contributed by atoms with Crippen molar-refractivity contribution in [3.8, 4) is 0 Å². The van der Waals surface area contributed by atoms with Crippen molar-refractivity contribution in [3.05, 3.63) is 30.1 Å². The first-order valence-electron chi connectivity index (χ1n) is 10.1. The van der Waals surface area contributed by atoms with Crippen LogP contribution in [0, 0.1) is 0 Å². The summed E-state index contributed by atoms with van der Waals surface area (Å²) in [6.07, 6.45) is 8.17. The molecule has 1 N–H and O–H groups in total. The van der Waals surface area contributed by atoms with Crippen molar-refractivity contribution >= 4 is 17.2 Å². The molecule has 3 aliphatic rings. The van der Waals surface area contributed by atoms with Crippen LogP contribution in [0.3, 0.4) is 0 Å². The fourth-order valence-corrected chi connectivity index (χ4v) is 4.64. The number of hydrogen-bond acceptors (Lipinski definition) is 5. The Labute approximate surface area is 162 Å². The second-order valence-corrected chi connectivity index (χ2v) is 8.17. The number of pyridine rings is 1. The molecule has 6 heteroatoms. The van der Waals surface area contributed by atoms with Crippen LogP contribution in [0.4, 0.5) is 0 Å². The standard InChI is InChI=1S/C20H30N4OS/c26-19(22-17-7-8-17)20(18-6-2-3-9-21-18,24-10-4-1-5-11-24)16-23-12-14-25-15-13-23/h2-3,6,9,17H,1,4-5,7-8,10-16H2,(H,22,26). The van der Waals surface area contributed by atoms with Gasteiger partial charge in [0.25, 0.3) is 0 Å². The van der Waals surface area contributed by atoms with Crippen molar-refractivity contribution in [1.82, 2.24) is 20.1 Å². The third-order valence-corrected chi connectivity index (χ3v) is 6.28. The van der Waals surface area contributed by atoms with Gasteiger partial charge >= 0.3 is 0 Å². The molecule has 3 fully saturated rings. The van der Waals surface area contributed by atoms with E-state index >= 15 is 0 Å². The molecule has 0 spiro atoms. The van der Waals surface area contributed by atoms with E-state index < -0.39 is 0 Å². The Balaban J connectivity index is 1.70. The Morgan fingerprint density at radius 3 is 2.58 bits per heavy atom. The molecule has 1 aliphatic carbocycles. The van der Waals surface area contributed by atoms with E-state index in [-0.39, 0.29) is 5.54 Å². The van der Waals surface area contributed by atoms with Crippen LogP contribution in [0.2, 0.25) is 0 Å². The lowest BCUT2D eigenvalue weighted by atomic mass is 9.88. The van der Waals surface area contributed by atoms with E-state index in [2.05, 4.69) is 27.2 Å². The van der Waals surface area contributed by atoms with Crippen LogP contribution in [-0.4, -0.2) is 71.8 Å². The first-order chi connectivity index (χ1) is 12.8. The lowest BCUT2D eigenvalue weighted by Crippen LogP contribution is -2.63. The van der Waals surface area contributed by atoms with Crippen LogP contribution in [0.1, 0.15) is 37.8 Å². The summed E-state index contributed by atoms with van der Waals surface area (Å²) in [6, 6.07) is 6.81. The zero-order valence-corrected chi connectivity index (χ0v) is 16.3. The molecule has 4 rings (SSSR count). The van der Waals surface area contributed by atoms with Crippen molar-refractivity contribution < 1.29 is 4.74 Å². The summed E-state index contributed by atoms with van der Waals surface area (Å²) in [5.74, 6) is 0. The third-order valence-electron chi connectivity index (χ3n) is 5.83. The largest absolute Gasteiger partial charge is 0.379 e. The van der Waals surface area contributed by atoms with Gasteiger partial charge in [0.05, 0.1) is 18.9 Å². The monoisotopic (exact) mass is 374 g/mol. The van der Waals surface area contributed by atoms with Crippen molar-refractivity contribution in [2.75, 3.05) is 45.9 Å². The minimum absolute atomic E-state index is 0.336. The number of rotatable bonds is 6. The van der Waals surface area contributed by atoms with Crippen molar-refractivity contribution in [2.24, 2.45) is 0 Å². The molecule has 1 atom stereocenters. The molecule has 3 heterocycles. The first-order valence-corrected chi connectivity index (χ1v) is 10.5. The van der Waals surface area contributed by atoms with Gasteiger partial charge in [-0.1, -0.05) is 24.7 Å². The summed E-state index contributed by atoms with van der Waals surface area (Å²) in [7, 11) is 0. The summed E-state index contributed by atoms with van der Waals surface area (Å²) in [5, 5.41) is 3.67. The number of hydrogen-bond donors (Lipinski definition) is 1. The highest BCUT2D eigenvalue weighted by Gasteiger charge is 2.47. The predicted molar refractivity (Wildman–Crippen MR) is 107 cm³/mol. The van der Waals surface area contributed by atoms with E-state index in [4.69, 9.17) is 21.9 Å². The summed E-state index contributed by atoms with van der Waals surface area (Å²) in [5.41, 5.74) is 0.753. The average molecular weight is 375 g/mol. The maximum atomic E-state index is 6.08. The van der Waals surface area contributed by atoms with E-state index in [1.165, 1.54) is 32.1 Å². The van der Waals surface area contributed by atoms with Gasteiger partial charge in [0.15, 0.2) is 0 Å². The van der Waals surface area contributed by atoms with Crippen LogP contribution >= 0.6 is 12.2 Å². The molecular formula is C20H30N4OS. The molecule has 1 unspecified atom stereocenters. The molecule has 0 aromatic carbocycles. The smallest absolute Gasteiger partial charge is 0.127 e. The normalized spacial score (nSPS) is 24.8. The summed E-state index contributed by atoms with van der Waals surface area (Å²) < 4.78 is 5.58. The van der Waals surface area contributed by atoms with Gasteiger partial charge in [0.1, 0.15) is 10.5 Å². The molecule has 0 radical (unpaired) electrons. The van der Waals surface area contributed by atoms with E-state index in [1.807, 2.05) is 12.3 Å². The molecule has 142 valence electrons. The Morgan fingerprint density at radius 1 is 1.15 bits per heavy atom. The minimum Gasteiger partial charge on any atom is -0.379 e. The van der Waals surface area contributed by atoms with Gasteiger partial charge in [-0.15, -0.1) is 0 Å². The highest BCUT2D eigenvalue weighted by molar-refractivity contribution is 7.80. The highest BCUT2D eigenvalue weighted by atomic mass is 32.1. The fraction of sp³-hybridized carbons (Fsp3) is 0.700. The minimum atomic E-state index is -0.336. The maximum Gasteiger partial charge on any atom is 0.127 e. The number of piperidine rings is 1. The Hall–Kier alpha value is -1.08. The van der Waals surface area contributed by atoms with Crippen LogP contribution in [0.25, 0.3) is 0 Å². The second kappa shape index (κ2) is 8.30. The van der Waals surface area contributed by atoms with Crippen LogP contribution < -0.4 is 5.32 Å². The number of nitrogens with zero attached hydrogens (tertiary/aromatic N) is 3. The lowest BCUT2D eigenvalue weighted by Gasteiger charge is -2.48. The van der Waals surface area contributed by atoms with E-state index in [1.54, 1.807) is 0 Å². The molecule has 1 aromatic heterocycles. The van der Waals surface area contributed by atoms with Gasteiger partial charge in [-0.3, -0.25) is 14.8 Å². The number of aromatic nitrogens is 1. The predicted octanol–water partition coefficient (Wildman–Crippen LogP) is 2.17. The van der Waals surface area contributed by atoms with Gasteiger partial charge in [0.2, 0.25) is 0 Å². The van der Waals surface area contributed by atoms with Gasteiger partial charge < -0.3 is 10.1 Å². The second-order valence-electron chi connectivity index (χ2n) is 7.76. The number of morpholine rings is 1. The summed E-state index contributed by atoms with van der Waals surface area (Å²) in [4.78, 5) is 10.9. The number of ether oxygens (including phenoxy) is 1. The van der Waals surface area contributed by atoms with Gasteiger partial charge in [-0.2, -0.15) is 0 Å². The molecule has 0 bridgehead atoms. The van der Waals surface area contributed by atoms with Crippen molar-refractivity contribution in [1.29, 1.82) is 0 Å². The Morgan fingerprint density at radius 2 is 1.92 bits per heavy atom. The van der Waals surface area contributed by atoms with Crippen LogP contribution in [-0.2, 0) is 10.3 Å². The lowest BCUT2D eigenvalue weighted by molar-refractivity contribution is 0.00578. The SMILES string of the molecule is S=C(NC1CC1)C(CN1CCOCC1)(c1ccccn1)N1CCCCC1. The molecule has 26 heavy (non-hydrogen) atoms. The van der Waals surface area contributed by atoms with E-state index in [9.17, 15) is 0 Å². The average Bonchev–Trinajstić information content (AvgIpc) is 3.52. The van der Waals surface area contributed by atoms with Crippen LogP contribution in [0.5, 0.6) is 0 Å². The maximum absolute atomic E-state index is 6.08. The Bertz CT molecular complexity index is 597. The van der Waals surface area contributed by atoms with E-state index in [0.717, 1.165) is 56.6 Å². The summed E-state index contributed by atoms with van der Waals surface area (Å²) in [6.45, 7) is 6.62. The quantitative estimate of drug-likeness (QED) is 0.770. The van der Waals surface area contributed by atoms with Crippen molar-refractivity contribution in [2.45, 2.75) is 43.7 Å². The highest BCUT2D eigenvalue weighted by Crippen LogP contribution is 2.34. The molecule has 1 aromatic rings. The number of nitrogens with one attached hydrogen (secondary N) is 1. The van der Waals surface area contributed by atoms with Crippen LogP contribution in [0.15, 0.2) is 24.4 Å². The molecular weight excluding hydrogens is 344 g/mol. The van der Waals surface area contributed by atoms with E-state index in [0.29, 0.717) is 6.04 Å². The summed E-state index contributed by atoms with van der Waals surface area (Å²) >= 11 is 6.08. The molecule has 2 aliphatic heterocycles. The Kier molecular flexibility index (Phi) is 5.84. The topological polar surface area (TPSA) is 40.6 Å². The molecule has 2 saturated heterocycles. The van der Waals surface area contributed by atoms with Crippen molar-refractivity contribution in [3.63, 3.8) is 0 Å². The van der Waals surface area contributed by atoms with Gasteiger partial charge in [-0.05, 0) is 50.9 Å². The molecule has 1 saturated carbocycles. The zero-order chi connectivity index (χ0) is 17.8. The van der Waals surface area contributed by atoms with Gasteiger partial charge in [-0.25, -0.2) is 0 Å². The number of thiocarbonyl (C=S) groups is 1. The molecule has 5 nitrogen and oxygen atoms in total.